The summed E-state index contributed by atoms with van der Waals surface area (Å²) in [5.41, 5.74) is -0.0361. The summed E-state index contributed by atoms with van der Waals surface area (Å²) in [6.07, 6.45) is 6.43. The topological polar surface area (TPSA) is 95.3 Å². The minimum atomic E-state index is -1.06. The molecule has 0 amide bonds. The van der Waals surface area contributed by atoms with Crippen molar-refractivity contribution in [3.05, 3.63) is 36.4 Å². The fourth-order valence-electron chi connectivity index (χ4n) is 2.75. The molecule has 2 aromatic heterocycles. The number of anilines is 2. The normalized spacial score (nSPS) is 15.4. The van der Waals surface area contributed by atoms with Crippen LogP contribution in [0.5, 0.6) is 0 Å². The summed E-state index contributed by atoms with van der Waals surface area (Å²) < 4.78 is 0. The number of aromatic nitrogens is 4. The third-order valence-electron chi connectivity index (χ3n) is 4.11. The molecule has 0 saturated carbocycles. The smallest absolute Gasteiger partial charge is 0.356 e. The average molecular weight is 314 g/mol. The van der Waals surface area contributed by atoms with Gasteiger partial charge in [-0.25, -0.2) is 14.8 Å². The zero-order valence-corrected chi connectivity index (χ0v) is 12.8. The Hall–Kier alpha value is -2.77. The van der Waals surface area contributed by atoms with E-state index in [4.69, 9.17) is 5.11 Å². The second-order valence-corrected chi connectivity index (χ2v) is 5.48. The maximum absolute atomic E-state index is 10.8. The molecule has 3 heterocycles. The summed E-state index contributed by atoms with van der Waals surface area (Å²) in [6.45, 7) is 1.69. The van der Waals surface area contributed by atoms with Crippen molar-refractivity contribution in [2.24, 2.45) is 0 Å². The second-order valence-electron chi connectivity index (χ2n) is 5.48. The molecule has 1 fully saturated rings. The number of hydrogen-bond donors (Lipinski definition) is 1. The molecular weight excluding hydrogens is 296 g/mol. The van der Waals surface area contributed by atoms with E-state index in [-0.39, 0.29) is 5.69 Å². The Kier molecular flexibility index (Phi) is 4.31. The third kappa shape index (κ3) is 3.36. The molecule has 1 aliphatic rings. The van der Waals surface area contributed by atoms with Gasteiger partial charge in [0.25, 0.3) is 0 Å². The molecule has 3 rings (SSSR count). The maximum atomic E-state index is 10.8. The highest BCUT2D eigenvalue weighted by atomic mass is 16.4. The van der Waals surface area contributed by atoms with Gasteiger partial charge in [0.05, 0.1) is 12.4 Å². The summed E-state index contributed by atoms with van der Waals surface area (Å²) >= 11 is 0. The molecule has 0 bridgehead atoms. The molecule has 0 atom stereocenters. The predicted octanol–water partition coefficient (Wildman–Crippen LogP) is 1.07. The molecular formula is C15H18N6O2. The van der Waals surface area contributed by atoms with Crippen molar-refractivity contribution in [2.45, 2.75) is 18.9 Å². The lowest BCUT2D eigenvalue weighted by molar-refractivity contribution is 0.0690. The van der Waals surface area contributed by atoms with Gasteiger partial charge in [0, 0.05) is 32.4 Å². The molecule has 2 aromatic rings. The van der Waals surface area contributed by atoms with E-state index in [9.17, 15) is 4.79 Å². The lowest BCUT2D eigenvalue weighted by Gasteiger charge is -2.37. The Balaban J connectivity index is 1.61. The lowest BCUT2D eigenvalue weighted by Crippen LogP contribution is -2.44. The first-order valence-corrected chi connectivity index (χ1v) is 7.46. The van der Waals surface area contributed by atoms with E-state index >= 15 is 0 Å². The van der Waals surface area contributed by atoms with E-state index in [1.165, 1.54) is 12.4 Å². The van der Waals surface area contributed by atoms with Crippen LogP contribution < -0.4 is 9.80 Å². The zero-order chi connectivity index (χ0) is 16.2. The van der Waals surface area contributed by atoms with Crippen LogP contribution in [0, 0.1) is 0 Å². The van der Waals surface area contributed by atoms with Crippen LogP contribution in [0.15, 0.2) is 30.7 Å². The van der Waals surface area contributed by atoms with Crippen molar-refractivity contribution in [1.82, 2.24) is 20.2 Å². The Bertz CT molecular complexity index is 655. The first kappa shape index (κ1) is 15.1. The second kappa shape index (κ2) is 6.55. The van der Waals surface area contributed by atoms with Gasteiger partial charge in [0.2, 0.25) is 0 Å². The molecule has 8 heteroatoms. The van der Waals surface area contributed by atoms with E-state index in [0.29, 0.717) is 6.04 Å². The molecule has 23 heavy (non-hydrogen) atoms. The van der Waals surface area contributed by atoms with Gasteiger partial charge in [-0.2, -0.15) is 5.10 Å². The fraction of sp³-hybridized carbons (Fsp3) is 0.400. The summed E-state index contributed by atoms with van der Waals surface area (Å²) in [6, 6.07) is 4.23. The highest BCUT2D eigenvalue weighted by molar-refractivity contribution is 5.84. The minimum absolute atomic E-state index is 0.0361. The third-order valence-corrected chi connectivity index (χ3v) is 4.11. The molecule has 0 aliphatic carbocycles. The molecule has 120 valence electrons. The van der Waals surface area contributed by atoms with Gasteiger partial charge in [-0.1, -0.05) is 0 Å². The van der Waals surface area contributed by atoms with E-state index in [1.54, 1.807) is 6.20 Å². The SMILES string of the molecule is CN(c1cccnn1)C1CCN(c2cnc(C(=O)O)cn2)CC1. The number of piperidine rings is 1. The van der Waals surface area contributed by atoms with Crippen LogP contribution in [0.1, 0.15) is 23.3 Å². The zero-order valence-electron chi connectivity index (χ0n) is 12.8. The average Bonchev–Trinajstić information content (AvgIpc) is 2.62. The van der Waals surface area contributed by atoms with Crippen LogP contribution in [-0.4, -0.2) is 57.4 Å². The number of hydrogen-bond acceptors (Lipinski definition) is 7. The van der Waals surface area contributed by atoms with E-state index in [0.717, 1.165) is 37.6 Å². The summed E-state index contributed by atoms with van der Waals surface area (Å²) in [4.78, 5) is 23.2. The van der Waals surface area contributed by atoms with Crippen molar-refractivity contribution in [2.75, 3.05) is 29.9 Å². The summed E-state index contributed by atoms with van der Waals surface area (Å²) in [7, 11) is 2.03. The van der Waals surface area contributed by atoms with Crippen molar-refractivity contribution >= 4 is 17.6 Å². The first-order chi connectivity index (χ1) is 11.1. The highest BCUT2D eigenvalue weighted by Crippen LogP contribution is 2.22. The van der Waals surface area contributed by atoms with Gasteiger partial charge >= 0.3 is 5.97 Å². The van der Waals surface area contributed by atoms with Crippen molar-refractivity contribution in [1.29, 1.82) is 0 Å². The van der Waals surface area contributed by atoms with Gasteiger partial charge in [-0.05, 0) is 25.0 Å². The lowest BCUT2D eigenvalue weighted by atomic mass is 10.0. The predicted molar refractivity (Wildman–Crippen MR) is 84.7 cm³/mol. The van der Waals surface area contributed by atoms with E-state index in [2.05, 4.69) is 30.0 Å². The number of carboxylic acids is 1. The Morgan fingerprint density at radius 1 is 1.30 bits per heavy atom. The molecule has 0 unspecified atom stereocenters. The number of nitrogens with zero attached hydrogens (tertiary/aromatic N) is 6. The molecule has 1 aliphatic heterocycles. The number of carbonyl (C=O) groups is 1. The van der Waals surface area contributed by atoms with Crippen LogP contribution in [-0.2, 0) is 0 Å². The van der Waals surface area contributed by atoms with Gasteiger partial charge < -0.3 is 14.9 Å². The quantitative estimate of drug-likeness (QED) is 0.895. The number of rotatable bonds is 4. The Labute approximate surface area is 133 Å². The summed E-state index contributed by atoms with van der Waals surface area (Å²) in [5.74, 6) is 0.528. The van der Waals surface area contributed by atoms with Gasteiger partial charge in [0.1, 0.15) is 5.82 Å². The van der Waals surface area contributed by atoms with Gasteiger partial charge in [0.15, 0.2) is 11.5 Å². The Morgan fingerprint density at radius 2 is 2.09 bits per heavy atom. The summed E-state index contributed by atoms with van der Waals surface area (Å²) in [5, 5.41) is 16.9. The standard InChI is InChI=1S/C15H18N6O2/c1-20(13-3-2-6-18-19-13)11-4-7-21(8-5-11)14-10-16-12(9-17-14)15(22)23/h2-3,6,9-11H,4-5,7-8H2,1H3,(H,22,23). The molecule has 0 aromatic carbocycles. The molecule has 1 N–H and O–H groups in total. The van der Waals surface area contributed by atoms with Crippen LogP contribution in [0.4, 0.5) is 11.6 Å². The van der Waals surface area contributed by atoms with Crippen LogP contribution in [0.25, 0.3) is 0 Å². The number of carboxylic acid groups (broad SMARTS) is 1. The highest BCUT2D eigenvalue weighted by Gasteiger charge is 2.24. The fourth-order valence-corrected chi connectivity index (χ4v) is 2.75. The van der Waals surface area contributed by atoms with E-state index in [1.807, 2.05) is 19.2 Å². The minimum Gasteiger partial charge on any atom is -0.476 e. The molecule has 1 saturated heterocycles. The first-order valence-electron chi connectivity index (χ1n) is 7.46. The van der Waals surface area contributed by atoms with Gasteiger partial charge in [-0.3, -0.25) is 0 Å². The largest absolute Gasteiger partial charge is 0.476 e. The monoisotopic (exact) mass is 314 g/mol. The maximum Gasteiger partial charge on any atom is 0.356 e. The van der Waals surface area contributed by atoms with E-state index < -0.39 is 5.97 Å². The number of aromatic carboxylic acids is 1. The van der Waals surface area contributed by atoms with Crippen LogP contribution >= 0.6 is 0 Å². The van der Waals surface area contributed by atoms with Gasteiger partial charge in [-0.15, -0.1) is 5.10 Å². The van der Waals surface area contributed by atoms with Crippen molar-refractivity contribution < 1.29 is 9.90 Å². The Morgan fingerprint density at radius 3 is 2.65 bits per heavy atom. The molecule has 0 radical (unpaired) electrons. The molecule has 0 spiro atoms. The van der Waals surface area contributed by atoms with Crippen LogP contribution in [0.3, 0.4) is 0 Å². The van der Waals surface area contributed by atoms with Crippen molar-refractivity contribution in [3.63, 3.8) is 0 Å². The molecule has 8 nitrogen and oxygen atoms in total. The van der Waals surface area contributed by atoms with Crippen molar-refractivity contribution in [3.8, 4) is 0 Å². The van der Waals surface area contributed by atoms with Crippen LogP contribution in [0.2, 0.25) is 0 Å².